The molecule has 2 rings (SSSR count). The molecule has 1 aliphatic heterocycles. The lowest BCUT2D eigenvalue weighted by molar-refractivity contribution is 0.535. The van der Waals surface area contributed by atoms with Crippen LogP contribution in [-0.4, -0.2) is 19.5 Å². The van der Waals surface area contributed by atoms with E-state index in [1.165, 1.54) is 0 Å². The average Bonchev–Trinajstić information content (AvgIpc) is 2.29. The van der Waals surface area contributed by atoms with Crippen molar-refractivity contribution in [3.8, 4) is 0 Å². The Morgan fingerprint density at radius 2 is 2.12 bits per heavy atom. The van der Waals surface area contributed by atoms with E-state index in [9.17, 15) is 8.42 Å². The highest BCUT2D eigenvalue weighted by Gasteiger charge is 2.33. The van der Waals surface area contributed by atoms with E-state index < -0.39 is 9.84 Å². The number of hydrogen-bond acceptors (Lipinski definition) is 2. The zero-order valence-corrected chi connectivity index (χ0v) is 11.5. The fourth-order valence-electron chi connectivity index (χ4n) is 2.47. The smallest absolute Gasteiger partial charge is 0.178 e. The van der Waals surface area contributed by atoms with E-state index in [1.54, 1.807) is 12.1 Å². The predicted molar refractivity (Wildman–Crippen MR) is 70.4 cm³/mol. The number of hydrogen-bond donors (Lipinski definition) is 0. The molecule has 0 aromatic heterocycles. The van der Waals surface area contributed by atoms with Crippen LogP contribution in [0.5, 0.6) is 0 Å². The summed E-state index contributed by atoms with van der Waals surface area (Å²) in [5, 5.41) is 0.0386. The number of fused-ring (bicyclic) bond motifs is 1. The molecule has 0 radical (unpaired) electrons. The highest BCUT2D eigenvalue weighted by molar-refractivity contribution is 7.91. The second-order valence-corrected chi connectivity index (χ2v) is 7.19. The molecule has 0 amide bonds. The number of benzene rings is 1. The van der Waals surface area contributed by atoms with Gasteiger partial charge in [-0.3, -0.25) is 0 Å². The summed E-state index contributed by atoms with van der Waals surface area (Å²) in [7, 11) is -3.08. The molecule has 2 unspecified atom stereocenters. The first-order chi connectivity index (χ1) is 8.06. The third kappa shape index (κ3) is 2.50. The van der Waals surface area contributed by atoms with Crippen molar-refractivity contribution in [2.24, 2.45) is 0 Å². The molecule has 4 heteroatoms. The molecule has 0 fully saturated rings. The van der Waals surface area contributed by atoms with Gasteiger partial charge in [-0.25, -0.2) is 8.42 Å². The monoisotopic (exact) mass is 272 g/mol. The molecule has 0 spiro atoms. The van der Waals surface area contributed by atoms with Gasteiger partial charge in [0.2, 0.25) is 0 Å². The van der Waals surface area contributed by atoms with E-state index in [2.05, 4.69) is 6.92 Å². The molecule has 0 aliphatic carbocycles. The molecule has 0 bridgehead atoms. The molecule has 2 atom stereocenters. The van der Waals surface area contributed by atoms with Gasteiger partial charge in [-0.15, -0.1) is 11.6 Å². The van der Waals surface area contributed by atoms with E-state index in [-0.39, 0.29) is 17.0 Å². The molecular weight excluding hydrogens is 256 g/mol. The Morgan fingerprint density at radius 3 is 2.82 bits per heavy atom. The maximum atomic E-state index is 12.0. The molecule has 1 aliphatic rings. The Balaban J connectivity index is 2.42. The maximum absolute atomic E-state index is 12.0. The van der Waals surface area contributed by atoms with Crippen LogP contribution in [0.25, 0.3) is 0 Å². The van der Waals surface area contributed by atoms with Crippen LogP contribution in [0.15, 0.2) is 29.2 Å². The van der Waals surface area contributed by atoms with Gasteiger partial charge in [0, 0.05) is 11.3 Å². The van der Waals surface area contributed by atoms with Crippen molar-refractivity contribution in [1.29, 1.82) is 0 Å². The van der Waals surface area contributed by atoms with Gasteiger partial charge >= 0.3 is 0 Å². The third-order valence-electron chi connectivity index (χ3n) is 3.35. The van der Waals surface area contributed by atoms with E-state index >= 15 is 0 Å². The maximum Gasteiger partial charge on any atom is 0.178 e. The van der Waals surface area contributed by atoms with Crippen LogP contribution in [0, 0.1) is 0 Å². The lowest BCUT2D eigenvalue weighted by atomic mass is 9.90. The van der Waals surface area contributed by atoms with Crippen LogP contribution in [0.3, 0.4) is 0 Å². The number of rotatable bonds is 3. The molecule has 2 nitrogen and oxygen atoms in total. The molecule has 0 N–H and O–H groups in total. The van der Waals surface area contributed by atoms with Crippen molar-refractivity contribution in [3.63, 3.8) is 0 Å². The van der Waals surface area contributed by atoms with Crippen LogP contribution in [0.4, 0.5) is 0 Å². The molecule has 1 aromatic rings. The van der Waals surface area contributed by atoms with E-state index in [1.807, 2.05) is 12.1 Å². The Hall–Kier alpha value is -0.540. The van der Waals surface area contributed by atoms with Gasteiger partial charge in [-0.05, 0) is 24.5 Å². The largest absolute Gasteiger partial charge is 0.224 e. The first kappa shape index (κ1) is 12.9. The summed E-state index contributed by atoms with van der Waals surface area (Å²) in [5.74, 6) is 0.401. The zero-order chi connectivity index (χ0) is 12.5. The molecule has 0 saturated carbocycles. The van der Waals surface area contributed by atoms with Crippen molar-refractivity contribution >= 4 is 21.4 Å². The van der Waals surface area contributed by atoms with Crippen molar-refractivity contribution < 1.29 is 8.42 Å². The minimum absolute atomic E-state index is 0.0386. The van der Waals surface area contributed by atoms with Gasteiger partial charge in [0.15, 0.2) is 9.84 Å². The average molecular weight is 273 g/mol. The minimum atomic E-state index is -3.08. The zero-order valence-electron chi connectivity index (χ0n) is 9.90. The summed E-state index contributed by atoms with van der Waals surface area (Å²) < 4.78 is 23.9. The predicted octanol–water partition coefficient (Wildman–Crippen LogP) is 3.36. The van der Waals surface area contributed by atoms with Crippen molar-refractivity contribution in [2.75, 3.05) is 5.75 Å². The van der Waals surface area contributed by atoms with Gasteiger partial charge < -0.3 is 0 Å². The van der Waals surface area contributed by atoms with Crippen LogP contribution in [0.2, 0.25) is 0 Å². The summed E-state index contributed by atoms with van der Waals surface area (Å²) in [6.45, 7) is 2.10. The standard InChI is InChI=1S/C13H17ClO2S/c1-2-5-12(14)10-8-9-17(15,16)13-7-4-3-6-11(10)13/h3-4,6-7,10,12H,2,5,8-9H2,1H3. The quantitative estimate of drug-likeness (QED) is 0.791. The van der Waals surface area contributed by atoms with E-state index in [4.69, 9.17) is 11.6 Å². The first-order valence-electron chi connectivity index (χ1n) is 6.02. The highest BCUT2D eigenvalue weighted by atomic mass is 35.5. The Morgan fingerprint density at radius 1 is 1.41 bits per heavy atom. The number of halogens is 1. The van der Waals surface area contributed by atoms with Crippen molar-refractivity contribution in [2.45, 2.75) is 42.4 Å². The van der Waals surface area contributed by atoms with Crippen LogP contribution < -0.4 is 0 Å². The molecule has 94 valence electrons. The van der Waals surface area contributed by atoms with E-state index in [0.29, 0.717) is 11.3 Å². The second-order valence-electron chi connectivity index (χ2n) is 4.56. The first-order valence-corrected chi connectivity index (χ1v) is 8.11. The fraction of sp³-hybridized carbons (Fsp3) is 0.538. The van der Waals surface area contributed by atoms with Crippen LogP contribution in [-0.2, 0) is 9.84 Å². The Bertz CT molecular complexity index is 496. The summed E-state index contributed by atoms with van der Waals surface area (Å²) >= 11 is 6.39. The molecule has 17 heavy (non-hydrogen) atoms. The summed E-state index contributed by atoms with van der Waals surface area (Å²) in [4.78, 5) is 0.484. The van der Waals surface area contributed by atoms with Gasteiger partial charge in [0.25, 0.3) is 0 Å². The third-order valence-corrected chi connectivity index (χ3v) is 5.69. The SMILES string of the molecule is CCCC(Cl)C1CCS(=O)(=O)c2ccccc21. The number of sulfone groups is 1. The van der Waals surface area contributed by atoms with Crippen LogP contribution in [0.1, 0.15) is 37.7 Å². The topological polar surface area (TPSA) is 34.1 Å². The summed E-state index contributed by atoms with van der Waals surface area (Å²) in [5.41, 5.74) is 0.909. The molecule has 1 aromatic carbocycles. The van der Waals surface area contributed by atoms with Crippen molar-refractivity contribution in [1.82, 2.24) is 0 Å². The van der Waals surface area contributed by atoms with Crippen LogP contribution >= 0.6 is 11.6 Å². The van der Waals surface area contributed by atoms with E-state index in [0.717, 1.165) is 18.4 Å². The minimum Gasteiger partial charge on any atom is -0.224 e. The molecular formula is C13H17ClO2S. The molecule has 0 saturated heterocycles. The summed E-state index contributed by atoms with van der Waals surface area (Å²) in [6.07, 6.45) is 2.60. The Kier molecular flexibility index (Phi) is 3.79. The fourth-order valence-corrected chi connectivity index (χ4v) is 4.60. The highest BCUT2D eigenvalue weighted by Crippen LogP contribution is 2.38. The van der Waals surface area contributed by atoms with Gasteiger partial charge in [-0.1, -0.05) is 31.5 Å². The number of alkyl halides is 1. The normalized spacial score (nSPS) is 24.0. The molecule has 1 heterocycles. The lowest BCUT2D eigenvalue weighted by Crippen LogP contribution is -2.25. The summed E-state index contributed by atoms with van der Waals surface area (Å²) in [6, 6.07) is 7.28. The lowest BCUT2D eigenvalue weighted by Gasteiger charge is -2.28. The Labute approximate surface area is 108 Å². The van der Waals surface area contributed by atoms with Gasteiger partial charge in [-0.2, -0.15) is 0 Å². The van der Waals surface area contributed by atoms with Crippen molar-refractivity contribution in [3.05, 3.63) is 29.8 Å². The van der Waals surface area contributed by atoms with Gasteiger partial charge in [0.1, 0.15) is 0 Å². The second kappa shape index (κ2) is 4.99. The van der Waals surface area contributed by atoms with Gasteiger partial charge in [0.05, 0.1) is 10.6 Å².